The van der Waals surface area contributed by atoms with Crippen LogP contribution in [-0.4, -0.2) is 19.5 Å². The summed E-state index contributed by atoms with van der Waals surface area (Å²) in [5, 5.41) is -0.0618. The van der Waals surface area contributed by atoms with Gasteiger partial charge in [0.15, 0.2) is 17.5 Å². The fourth-order valence-corrected chi connectivity index (χ4v) is 7.92. The minimum atomic E-state index is -0.521. The number of hydrogen-bond donors (Lipinski definition) is 0. The van der Waals surface area contributed by atoms with E-state index in [0.29, 0.717) is 22.9 Å². The van der Waals surface area contributed by atoms with Gasteiger partial charge in [0.05, 0.1) is 27.7 Å². The summed E-state index contributed by atoms with van der Waals surface area (Å²) < 4.78 is 74.1. The topological polar surface area (TPSA) is 43.6 Å². The summed E-state index contributed by atoms with van der Waals surface area (Å²) in [6.07, 6.45) is 0. The Balaban J connectivity index is 1.24. The third kappa shape index (κ3) is 6.86. The number of rotatable bonds is 8. The highest BCUT2D eigenvalue weighted by Crippen LogP contribution is 2.40. The van der Waals surface area contributed by atoms with Crippen molar-refractivity contribution >= 4 is 21.8 Å². The second-order valence-electron chi connectivity index (χ2n) is 14.7. The van der Waals surface area contributed by atoms with Gasteiger partial charge in [-0.15, -0.1) is 0 Å². The highest BCUT2D eigenvalue weighted by atomic mass is 15.1. The Kier molecular flexibility index (Phi) is 7.19. The van der Waals surface area contributed by atoms with Crippen molar-refractivity contribution in [3.8, 4) is 84.4 Å². The van der Waals surface area contributed by atoms with Gasteiger partial charge >= 0.3 is 0 Å². The Bertz CT molecular complexity index is 3660. The Morgan fingerprint density at radius 1 is 0.311 bits per heavy atom. The Hall–Kier alpha value is -8.21. The lowest BCUT2D eigenvalue weighted by Gasteiger charge is -2.17. The molecule has 0 atom stereocenters. The monoisotopic (exact) mass is 786 g/mol. The zero-order chi connectivity index (χ0) is 47.5. The first-order valence-corrected chi connectivity index (χ1v) is 19.9. The van der Waals surface area contributed by atoms with E-state index in [4.69, 9.17) is 20.4 Å². The molecule has 4 heteroatoms. The van der Waals surface area contributed by atoms with Crippen molar-refractivity contribution in [1.82, 2.24) is 19.5 Å². The summed E-state index contributed by atoms with van der Waals surface area (Å²) in [6.45, 7) is 0. The SMILES string of the molecule is [2H]c1c([2H])c([2H])c2c(c1[2H])c1c([2H])c([2H])c([2H])c([2H])c1n2-c1cc(-c2cc(-c3ccccc3)cc(-c3ccccc3)c2)ccc1-c1nc(-c2ccccc2)nc(-c2ccc(-c3ccccc3)cc2)n1. The molecule has 9 aromatic carbocycles. The van der Waals surface area contributed by atoms with Crippen molar-refractivity contribution in [3.05, 3.63) is 230 Å². The molecule has 2 heterocycles. The summed E-state index contributed by atoms with van der Waals surface area (Å²) in [6, 6.07) is 56.0. The number of fused-ring (bicyclic) bond motifs is 3. The van der Waals surface area contributed by atoms with E-state index in [1.165, 1.54) is 0 Å². The molecule has 0 radical (unpaired) electrons. The van der Waals surface area contributed by atoms with E-state index >= 15 is 0 Å². The molecule has 0 N–H and O–H groups in total. The lowest BCUT2D eigenvalue weighted by molar-refractivity contribution is 1.06. The maximum atomic E-state index is 9.44. The number of aromatic nitrogens is 4. The van der Waals surface area contributed by atoms with Crippen LogP contribution in [0.5, 0.6) is 0 Å². The lowest BCUT2D eigenvalue weighted by Crippen LogP contribution is -2.04. The van der Waals surface area contributed by atoms with Crippen LogP contribution in [0.4, 0.5) is 0 Å². The molecule has 286 valence electrons. The molecule has 0 fully saturated rings. The predicted molar refractivity (Wildman–Crippen MR) is 252 cm³/mol. The van der Waals surface area contributed by atoms with Crippen LogP contribution in [-0.2, 0) is 0 Å². The number of benzene rings is 9. The van der Waals surface area contributed by atoms with Crippen LogP contribution in [0, 0.1) is 0 Å². The predicted octanol–water partition coefficient (Wildman–Crippen LogP) is 14.6. The van der Waals surface area contributed by atoms with E-state index in [-0.39, 0.29) is 27.6 Å². The van der Waals surface area contributed by atoms with Gasteiger partial charge in [-0.05, 0) is 86.9 Å². The standard InChI is InChI=1S/C57H38N4/c1-5-17-39(18-6-1)42-29-31-44(32-30-42)56-58-55(43-23-11-4-12-24-43)59-57(60-56)51-34-33-45(38-54(51)61-52-27-15-13-25-49(52)50-26-14-16-28-53(50)61)48-36-46(40-19-7-2-8-20-40)35-47(37-48)41-21-9-3-10-22-41/h1-38H/i13D,14D,15D,16D,25D,26D,27D,28D. The summed E-state index contributed by atoms with van der Waals surface area (Å²) in [5.41, 5.74) is 9.72. The van der Waals surface area contributed by atoms with Gasteiger partial charge in [0.1, 0.15) is 0 Å². The molecule has 0 spiro atoms. The highest BCUT2D eigenvalue weighted by molar-refractivity contribution is 6.09. The van der Waals surface area contributed by atoms with E-state index < -0.39 is 48.3 Å². The highest BCUT2D eigenvalue weighted by Gasteiger charge is 2.21. The lowest BCUT2D eigenvalue weighted by atomic mass is 9.92. The van der Waals surface area contributed by atoms with Crippen molar-refractivity contribution in [3.63, 3.8) is 0 Å². The van der Waals surface area contributed by atoms with Gasteiger partial charge in [-0.1, -0.05) is 188 Å². The number of hydrogen-bond acceptors (Lipinski definition) is 3. The van der Waals surface area contributed by atoms with Crippen LogP contribution in [0.3, 0.4) is 0 Å². The normalized spacial score (nSPS) is 13.1. The first-order chi connectivity index (χ1) is 33.5. The molecule has 0 saturated carbocycles. The molecule has 0 aliphatic carbocycles. The van der Waals surface area contributed by atoms with Gasteiger partial charge in [-0.2, -0.15) is 0 Å². The van der Waals surface area contributed by atoms with Crippen LogP contribution in [0.1, 0.15) is 11.0 Å². The van der Waals surface area contributed by atoms with Crippen molar-refractivity contribution in [2.45, 2.75) is 0 Å². The van der Waals surface area contributed by atoms with Crippen LogP contribution in [0.15, 0.2) is 230 Å². The van der Waals surface area contributed by atoms with Gasteiger partial charge in [0.2, 0.25) is 0 Å². The van der Waals surface area contributed by atoms with E-state index in [2.05, 4.69) is 42.5 Å². The van der Waals surface area contributed by atoms with Crippen LogP contribution in [0.25, 0.3) is 106 Å². The van der Waals surface area contributed by atoms with Crippen LogP contribution >= 0.6 is 0 Å². The summed E-state index contributed by atoms with van der Waals surface area (Å²) in [5.74, 6) is 0.988. The molecule has 0 aliphatic heterocycles. The van der Waals surface area contributed by atoms with Gasteiger partial charge in [0, 0.05) is 27.5 Å². The van der Waals surface area contributed by atoms with E-state index in [9.17, 15) is 5.48 Å². The average molecular weight is 787 g/mol. The molecule has 0 unspecified atom stereocenters. The van der Waals surface area contributed by atoms with E-state index in [0.717, 1.165) is 55.6 Å². The summed E-state index contributed by atoms with van der Waals surface area (Å²) in [4.78, 5) is 15.3. The summed E-state index contributed by atoms with van der Waals surface area (Å²) in [7, 11) is 0. The fraction of sp³-hybridized carbons (Fsp3) is 0. The molecule has 0 saturated heterocycles. The molecule has 0 bridgehead atoms. The molecule has 61 heavy (non-hydrogen) atoms. The van der Waals surface area contributed by atoms with Crippen molar-refractivity contribution in [1.29, 1.82) is 0 Å². The maximum Gasteiger partial charge on any atom is 0.166 e. The summed E-state index contributed by atoms with van der Waals surface area (Å²) >= 11 is 0. The molecular weight excluding hydrogens is 741 g/mol. The van der Waals surface area contributed by atoms with Crippen molar-refractivity contribution < 1.29 is 11.0 Å². The maximum absolute atomic E-state index is 9.44. The Morgan fingerprint density at radius 2 is 0.672 bits per heavy atom. The minimum Gasteiger partial charge on any atom is -0.308 e. The van der Waals surface area contributed by atoms with Crippen molar-refractivity contribution in [2.24, 2.45) is 0 Å². The van der Waals surface area contributed by atoms with Gasteiger partial charge in [-0.3, -0.25) is 0 Å². The van der Waals surface area contributed by atoms with Gasteiger partial charge in [0.25, 0.3) is 0 Å². The van der Waals surface area contributed by atoms with E-state index in [1.807, 2.05) is 140 Å². The average Bonchev–Trinajstić information content (AvgIpc) is 3.78. The molecule has 4 nitrogen and oxygen atoms in total. The van der Waals surface area contributed by atoms with E-state index in [1.54, 1.807) is 4.57 Å². The first-order valence-electron chi connectivity index (χ1n) is 23.9. The molecule has 0 amide bonds. The molecule has 11 rings (SSSR count). The van der Waals surface area contributed by atoms with Gasteiger partial charge < -0.3 is 4.57 Å². The van der Waals surface area contributed by atoms with Crippen molar-refractivity contribution in [2.75, 3.05) is 0 Å². The largest absolute Gasteiger partial charge is 0.308 e. The zero-order valence-electron chi connectivity index (χ0n) is 40.6. The first kappa shape index (κ1) is 28.3. The third-order valence-electron chi connectivity index (χ3n) is 10.9. The molecular formula is C57H38N4. The second kappa shape index (κ2) is 15.5. The number of nitrogens with zero attached hydrogens (tertiary/aromatic N) is 4. The molecule has 2 aromatic heterocycles. The number of para-hydroxylation sites is 2. The Labute approximate surface area is 366 Å². The smallest absolute Gasteiger partial charge is 0.166 e. The molecule has 11 aromatic rings. The fourth-order valence-electron chi connectivity index (χ4n) is 7.92. The van der Waals surface area contributed by atoms with Crippen LogP contribution < -0.4 is 0 Å². The zero-order valence-corrected chi connectivity index (χ0v) is 32.6. The Morgan fingerprint density at radius 3 is 1.18 bits per heavy atom. The minimum absolute atomic E-state index is 0.0153. The molecule has 0 aliphatic rings. The second-order valence-corrected chi connectivity index (χ2v) is 14.7. The van der Waals surface area contributed by atoms with Gasteiger partial charge in [-0.25, -0.2) is 15.0 Å². The quantitative estimate of drug-likeness (QED) is 0.154. The van der Waals surface area contributed by atoms with Crippen LogP contribution in [0.2, 0.25) is 0 Å². The third-order valence-corrected chi connectivity index (χ3v) is 10.9.